The summed E-state index contributed by atoms with van der Waals surface area (Å²) in [6.07, 6.45) is 0. The van der Waals surface area contributed by atoms with Crippen molar-refractivity contribution in [3.63, 3.8) is 0 Å². The van der Waals surface area contributed by atoms with Gasteiger partial charge in [0.15, 0.2) is 5.82 Å². The summed E-state index contributed by atoms with van der Waals surface area (Å²) in [6.45, 7) is 1.65. The van der Waals surface area contributed by atoms with Gasteiger partial charge in [0.1, 0.15) is 21.8 Å². The average Bonchev–Trinajstić information content (AvgIpc) is 2.07. The quantitative estimate of drug-likeness (QED) is 0.679. The normalized spacial score (nSPS) is 10.9. The Morgan fingerprint density at radius 3 is 2.64 bits per heavy atom. The van der Waals surface area contributed by atoms with Crippen LogP contribution in [-0.2, 0) is 0 Å². The molecule has 0 saturated carbocycles. The third kappa shape index (κ3) is 1.48. The van der Waals surface area contributed by atoms with Crippen LogP contribution in [0.15, 0.2) is 16.7 Å². The molecular weight excluding hydrogens is 254 g/mol. The van der Waals surface area contributed by atoms with Gasteiger partial charge in [0.25, 0.3) is 0 Å². The van der Waals surface area contributed by atoms with Crippen molar-refractivity contribution in [3.05, 3.63) is 34.2 Å². The molecular formula is C9H5BrF2N2. The van der Waals surface area contributed by atoms with E-state index in [-0.39, 0.29) is 5.52 Å². The van der Waals surface area contributed by atoms with Gasteiger partial charge in [-0.1, -0.05) is 0 Å². The summed E-state index contributed by atoms with van der Waals surface area (Å²) < 4.78 is 26.5. The maximum Gasteiger partial charge on any atom is 0.152 e. The second-order valence-corrected chi connectivity index (χ2v) is 3.60. The Labute approximate surface area is 87.1 Å². The van der Waals surface area contributed by atoms with Crippen molar-refractivity contribution >= 4 is 26.8 Å². The maximum atomic E-state index is 13.3. The second-order valence-electron chi connectivity index (χ2n) is 2.85. The fourth-order valence-electron chi connectivity index (χ4n) is 1.23. The summed E-state index contributed by atoms with van der Waals surface area (Å²) in [6, 6.07) is 2.00. The topological polar surface area (TPSA) is 25.8 Å². The van der Waals surface area contributed by atoms with Gasteiger partial charge in [-0.15, -0.1) is 0 Å². The Bertz CT molecular complexity index is 466. The smallest absolute Gasteiger partial charge is 0.152 e. The second kappa shape index (κ2) is 3.24. The molecule has 14 heavy (non-hydrogen) atoms. The van der Waals surface area contributed by atoms with E-state index in [1.54, 1.807) is 6.92 Å². The molecule has 0 radical (unpaired) electrons. The predicted octanol–water partition coefficient (Wildman–Crippen LogP) is 2.98. The van der Waals surface area contributed by atoms with Crippen LogP contribution in [0.25, 0.3) is 10.9 Å². The minimum Gasteiger partial charge on any atom is -0.230 e. The van der Waals surface area contributed by atoms with E-state index in [0.717, 1.165) is 6.07 Å². The van der Waals surface area contributed by atoms with Crippen LogP contribution in [0.5, 0.6) is 0 Å². The number of halogens is 3. The minimum atomic E-state index is -0.675. The zero-order valence-electron chi connectivity index (χ0n) is 7.18. The molecule has 1 aromatic carbocycles. The van der Waals surface area contributed by atoms with Gasteiger partial charge >= 0.3 is 0 Å². The van der Waals surface area contributed by atoms with Crippen molar-refractivity contribution < 1.29 is 8.78 Å². The molecule has 0 bridgehead atoms. The first-order valence-electron chi connectivity index (χ1n) is 3.87. The molecule has 0 fully saturated rings. The van der Waals surface area contributed by atoms with Crippen molar-refractivity contribution in [1.82, 2.24) is 9.97 Å². The molecule has 1 aromatic heterocycles. The molecule has 2 nitrogen and oxygen atoms in total. The van der Waals surface area contributed by atoms with Gasteiger partial charge in [0, 0.05) is 11.5 Å². The van der Waals surface area contributed by atoms with Crippen LogP contribution >= 0.6 is 15.9 Å². The molecule has 0 aliphatic heterocycles. The molecule has 0 amide bonds. The van der Waals surface area contributed by atoms with Crippen molar-refractivity contribution in [3.8, 4) is 0 Å². The lowest BCUT2D eigenvalue weighted by atomic mass is 10.2. The molecule has 5 heteroatoms. The van der Waals surface area contributed by atoms with E-state index in [1.165, 1.54) is 6.07 Å². The molecule has 0 unspecified atom stereocenters. The molecule has 0 aliphatic rings. The van der Waals surface area contributed by atoms with E-state index < -0.39 is 11.6 Å². The van der Waals surface area contributed by atoms with E-state index in [0.29, 0.717) is 15.8 Å². The maximum absolute atomic E-state index is 13.3. The SMILES string of the molecule is Cc1nc(Br)c2cc(F)cc(F)c2n1. The number of benzene rings is 1. The highest BCUT2D eigenvalue weighted by Gasteiger charge is 2.09. The lowest BCUT2D eigenvalue weighted by Gasteiger charge is -2.02. The zero-order valence-corrected chi connectivity index (χ0v) is 8.77. The number of aryl methyl sites for hydroxylation is 1. The van der Waals surface area contributed by atoms with Crippen molar-refractivity contribution in [2.75, 3.05) is 0 Å². The van der Waals surface area contributed by atoms with Crippen LogP contribution in [0.1, 0.15) is 5.82 Å². The summed E-state index contributed by atoms with van der Waals surface area (Å²) >= 11 is 3.13. The Hall–Kier alpha value is -1.10. The number of rotatable bonds is 0. The molecule has 0 saturated heterocycles. The third-order valence-electron chi connectivity index (χ3n) is 1.78. The van der Waals surface area contributed by atoms with Crippen LogP contribution < -0.4 is 0 Å². The highest BCUT2D eigenvalue weighted by Crippen LogP contribution is 2.23. The van der Waals surface area contributed by atoms with Gasteiger partial charge in [-0.2, -0.15) is 0 Å². The van der Waals surface area contributed by atoms with Crippen LogP contribution in [0.4, 0.5) is 8.78 Å². The lowest BCUT2D eigenvalue weighted by Crippen LogP contribution is -1.94. The van der Waals surface area contributed by atoms with Crippen molar-refractivity contribution in [1.29, 1.82) is 0 Å². The molecule has 0 N–H and O–H groups in total. The summed E-state index contributed by atoms with van der Waals surface area (Å²) in [4.78, 5) is 7.85. The highest BCUT2D eigenvalue weighted by molar-refractivity contribution is 9.10. The van der Waals surface area contributed by atoms with Crippen LogP contribution in [-0.4, -0.2) is 9.97 Å². The molecule has 0 aliphatic carbocycles. The van der Waals surface area contributed by atoms with E-state index in [1.807, 2.05) is 0 Å². The Kier molecular flexibility index (Phi) is 2.19. The Morgan fingerprint density at radius 1 is 1.21 bits per heavy atom. The third-order valence-corrected chi connectivity index (χ3v) is 2.39. The average molecular weight is 259 g/mol. The summed E-state index contributed by atoms with van der Waals surface area (Å²) in [5.74, 6) is -0.871. The fourth-order valence-corrected chi connectivity index (χ4v) is 1.78. The number of hydrogen-bond acceptors (Lipinski definition) is 2. The molecule has 0 atom stereocenters. The molecule has 2 aromatic rings. The van der Waals surface area contributed by atoms with Crippen molar-refractivity contribution in [2.24, 2.45) is 0 Å². The highest BCUT2D eigenvalue weighted by atomic mass is 79.9. The first-order chi connectivity index (χ1) is 6.58. The van der Waals surface area contributed by atoms with Gasteiger partial charge in [0.2, 0.25) is 0 Å². The molecule has 2 rings (SSSR count). The first kappa shape index (κ1) is 9.45. The van der Waals surface area contributed by atoms with Gasteiger partial charge in [-0.3, -0.25) is 0 Å². The summed E-state index contributed by atoms with van der Waals surface area (Å²) in [5, 5.41) is 0.341. The van der Waals surface area contributed by atoms with E-state index in [4.69, 9.17) is 0 Å². The monoisotopic (exact) mass is 258 g/mol. The minimum absolute atomic E-state index is 0.130. The summed E-state index contributed by atoms with van der Waals surface area (Å²) in [5.41, 5.74) is 0.130. The van der Waals surface area contributed by atoms with Crippen LogP contribution in [0.2, 0.25) is 0 Å². The standard InChI is InChI=1S/C9H5BrF2N2/c1-4-13-8-6(9(10)14-4)2-5(11)3-7(8)12/h2-3H,1H3. The van der Waals surface area contributed by atoms with Gasteiger partial charge < -0.3 is 0 Å². The number of fused-ring (bicyclic) bond motifs is 1. The van der Waals surface area contributed by atoms with Crippen LogP contribution in [0.3, 0.4) is 0 Å². The first-order valence-corrected chi connectivity index (χ1v) is 4.66. The molecule has 1 heterocycles. The molecule has 0 spiro atoms. The van der Waals surface area contributed by atoms with Gasteiger partial charge in [-0.05, 0) is 28.9 Å². The fraction of sp³-hybridized carbons (Fsp3) is 0.111. The number of aromatic nitrogens is 2. The Morgan fingerprint density at radius 2 is 1.93 bits per heavy atom. The number of hydrogen-bond donors (Lipinski definition) is 0. The predicted molar refractivity (Wildman–Crippen MR) is 51.9 cm³/mol. The van der Waals surface area contributed by atoms with Gasteiger partial charge in [0.05, 0.1) is 0 Å². The summed E-state index contributed by atoms with van der Waals surface area (Å²) in [7, 11) is 0. The van der Waals surface area contributed by atoms with E-state index in [2.05, 4.69) is 25.9 Å². The van der Waals surface area contributed by atoms with Crippen LogP contribution in [0, 0.1) is 18.6 Å². The van der Waals surface area contributed by atoms with Gasteiger partial charge in [-0.25, -0.2) is 18.7 Å². The zero-order chi connectivity index (χ0) is 10.3. The Balaban J connectivity index is 2.94. The largest absolute Gasteiger partial charge is 0.230 e. The molecule has 72 valence electrons. The lowest BCUT2D eigenvalue weighted by molar-refractivity contribution is 0.589. The van der Waals surface area contributed by atoms with E-state index in [9.17, 15) is 8.78 Å². The van der Waals surface area contributed by atoms with E-state index >= 15 is 0 Å². The van der Waals surface area contributed by atoms with Crippen molar-refractivity contribution in [2.45, 2.75) is 6.92 Å². The number of nitrogens with zero attached hydrogens (tertiary/aromatic N) is 2.